The monoisotopic (exact) mass is 590 g/mol. The second-order valence-electron chi connectivity index (χ2n) is 4.02. The summed E-state index contributed by atoms with van der Waals surface area (Å²) in [6.45, 7) is 0. The molecule has 0 amide bonds. The molecule has 0 aromatic carbocycles. The second-order valence-corrected chi connectivity index (χ2v) is 31.0. The summed E-state index contributed by atoms with van der Waals surface area (Å²) in [4.78, 5) is 0. The number of halogens is 17. The van der Waals surface area contributed by atoms with E-state index in [9.17, 15) is 65.9 Å². The van der Waals surface area contributed by atoms with Crippen LogP contribution in [0.25, 0.3) is 0 Å². The maximum absolute atomic E-state index is 13.3. The summed E-state index contributed by atoms with van der Waals surface area (Å²) in [6.07, 6.45) is -22.8. The van der Waals surface area contributed by atoms with Gasteiger partial charge in [-0.15, -0.1) is 0 Å². The summed E-state index contributed by atoms with van der Waals surface area (Å²) >= 11 is 0.495. The molecule has 0 bridgehead atoms. The van der Waals surface area contributed by atoms with Gasteiger partial charge in [-0.2, -0.15) is 0 Å². The average molecular weight is 592 g/mol. The molecule has 0 aliphatic rings. The van der Waals surface area contributed by atoms with Crippen molar-refractivity contribution in [1.29, 1.82) is 0 Å². The average Bonchev–Trinajstić information content (AvgIpc) is 2.23. The van der Waals surface area contributed by atoms with E-state index in [2.05, 4.69) is 0 Å². The van der Waals surface area contributed by atoms with Crippen LogP contribution in [-0.4, -0.2) is 41.4 Å². The Bertz CT molecular complexity index is 424. The molecule has 18 heteroatoms. The summed E-state index contributed by atoms with van der Waals surface area (Å²) in [6, 6.07) is 0. The first-order chi connectivity index (χ1) is 9.82. The third-order valence-electron chi connectivity index (χ3n) is 2.50. The zero-order valence-electron chi connectivity index (χ0n) is 9.87. The van der Waals surface area contributed by atoms with Crippen molar-refractivity contribution in [2.24, 2.45) is 0 Å². The van der Waals surface area contributed by atoms with E-state index in [-0.39, 0.29) is 27.9 Å². The van der Waals surface area contributed by atoms with Crippen molar-refractivity contribution < 1.29 is 65.9 Å². The Hall–Kier alpha value is 0.468. The minimum atomic E-state index is -10.8. The molecular weight excluding hydrogens is 592 g/mol. The summed E-state index contributed by atoms with van der Waals surface area (Å²) < 4.78 is 167. The van der Waals surface area contributed by atoms with Gasteiger partial charge in [-0.25, -0.2) is 0 Å². The molecule has 0 unspecified atom stereocenters. The van der Waals surface area contributed by atoms with Gasteiger partial charge in [0.1, 0.15) is 0 Å². The van der Waals surface area contributed by atoms with Gasteiger partial charge >= 0.3 is 135 Å². The molecule has 24 heavy (non-hydrogen) atoms. The fourth-order valence-electron chi connectivity index (χ4n) is 1.20. The van der Waals surface area contributed by atoms with Gasteiger partial charge in [-0.05, 0) is 0 Å². The van der Waals surface area contributed by atoms with E-state index in [4.69, 9.17) is 0 Å². The summed E-state index contributed by atoms with van der Waals surface area (Å²) in [5.74, 6) is 0. The number of hydrogen-bond acceptors (Lipinski definition) is 0. The Morgan fingerprint density at radius 1 is 0.375 bits per heavy atom. The predicted molar refractivity (Wildman–Crippen MR) is 56.6 cm³/mol. The molecule has 0 heterocycles. The van der Waals surface area contributed by atoms with Crippen LogP contribution < -0.4 is 0 Å². The summed E-state index contributed by atoms with van der Waals surface area (Å²) in [5.41, 5.74) is 0. The SMILES string of the molecule is FC(F)(F)C(F)(F)[As](Br)(Br)(C(F)(F)C(F)(F)F)C(F)(F)C(F)(F)F. The molecule has 0 atom stereocenters. The quantitative estimate of drug-likeness (QED) is 0.264. The van der Waals surface area contributed by atoms with Gasteiger partial charge in [0.05, 0.1) is 0 Å². The molecular formula is C6AsBr2F15. The van der Waals surface area contributed by atoms with E-state index in [1.54, 1.807) is 0 Å². The van der Waals surface area contributed by atoms with Crippen LogP contribution in [0, 0.1) is 0 Å². The van der Waals surface area contributed by atoms with Crippen molar-refractivity contribution in [2.45, 2.75) is 32.7 Å². The molecule has 0 aliphatic carbocycles. The topological polar surface area (TPSA) is 0 Å². The first-order valence-corrected chi connectivity index (χ1v) is 16.2. The van der Waals surface area contributed by atoms with E-state index in [0.29, 0.717) is 0 Å². The van der Waals surface area contributed by atoms with Crippen molar-refractivity contribution >= 4 is 36.6 Å². The Labute approximate surface area is 135 Å². The van der Waals surface area contributed by atoms with Gasteiger partial charge in [0.15, 0.2) is 0 Å². The molecule has 0 aromatic rings. The number of rotatable bonds is 3. The van der Waals surface area contributed by atoms with Crippen molar-refractivity contribution in [3.05, 3.63) is 0 Å². The van der Waals surface area contributed by atoms with Gasteiger partial charge in [0, 0.05) is 0 Å². The minimum absolute atomic E-state index is 0.248. The van der Waals surface area contributed by atoms with Crippen LogP contribution in [0.15, 0.2) is 0 Å². The Morgan fingerprint density at radius 3 is 0.583 bits per heavy atom. The fourth-order valence-corrected chi connectivity index (χ4v) is 12.5. The first kappa shape index (κ1) is 24.5. The Balaban J connectivity index is 7.41. The second kappa shape index (κ2) is 5.49. The molecule has 148 valence electrons. The normalized spacial score (nSPS) is 18.3. The van der Waals surface area contributed by atoms with Gasteiger partial charge in [0.25, 0.3) is 0 Å². The fraction of sp³-hybridized carbons (Fsp3) is 1.00. The van der Waals surface area contributed by atoms with Crippen molar-refractivity contribution in [2.75, 3.05) is 0 Å². The van der Waals surface area contributed by atoms with Crippen LogP contribution >= 0.6 is 27.9 Å². The third kappa shape index (κ3) is 2.57. The van der Waals surface area contributed by atoms with Gasteiger partial charge in [-0.1, -0.05) is 0 Å². The molecule has 0 rings (SSSR count). The molecule has 0 spiro atoms. The third-order valence-corrected chi connectivity index (χ3v) is 24.2. The Kier molecular flexibility index (Phi) is 5.59. The zero-order valence-corrected chi connectivity index (χ0v) is 14.9. The summed E-state index contributed by atoms with van der Waals surface area (Å²) in [7, 11) is -10.8. The van der Waals surface area contributed by atoms with Crippen LogP contribution in [0.3, 0.4) is 0 Å². The van der Waals surface area contributed by atoms with Crippen molar-refractivity contribution in [3.8, 4) is 0 Å². The summed E-state index contributed by atoms with van der Waals surface area (Å²) in [5, 5.41) is 0. The molecule has 0 N–H and O–H groups in total. The standard InChI is InChI=1S/C6AsBr2F15/c8-7(9,1(10,11)4(16,17)18,2(12,13)5(19,20)21)3(14,15)6(22,23)24. The van der Waals surface area contributed by atoms with Crippen molar-refractivity contribution in [1.82, 2.24) is 0 Å². The zero-order chi connectivity index (χ0) is 20.4. The first-order valence-electron chi connectivity index (χ1n) is 4.59. The molecule has 0 saturated carbocycles. The number of alkyl halides is 15. The molecule has 0 saturated heterocycles. The van der Waals surface area contributed by atoms with Crippen LogP contribution in [0.5, 0.6) is 0 Å². The van der Waals surface area contributed by atoms with Gasteiger partial charge in [-0.3, -0.25) is 0 Å². The van der Waals surface area contributed by atoms with Crippen LogP contribution in [-0.2, 0) is 0 Å². The van der Waals surface area contributed by atoms with E-state index in [1.165, 1.54) is 0 Å². The molecule has 0 aromatic heterocycles. The predicted octanol–water partition coefficient (Wildman–Crippen LogP) is 6.38. The van der Waals surface area contributed by atoms with Crippen LogP contribution in [0.1, 0.15) is 0 Å². The molecule has 0 radical (unpaired) electrons. The van der Waals surface area contributed by atoms with E-state index in [1.807, 2.05) is 0 Å². The van der Waals surface area contributed by atoms with Crippen LogP contribution in [0.2, 0.25) is 0 Å². The van der Waals surface area contributed by atoms with Crippen LogP contribution in [0.4, 0.5) is 65.9 Å². The van der Waals surface area contributed by atoms with Gasteiger partial charge in [0.2, 0.25) is 0 Å². The molecule has 0 aliphatic heterocycles. The maximum atomic E-state index is 13.3. The number of hydrogen-bond donors (Lipinski definition) is 0. The van der Waals surface area contributed by atoms with Gasteiger partial charge < -0.3 is 0 Å². The molecule has 0 fully saturated rings. The molecule has 0 nitrogen and oxygen atoms in total. The Morgan fingerprint density at radius 2 is 0.500 bits per heavy atom. The van der Waals surface area contributed by atoms with E-state index in [0.717, 1.165) is 0 Å². The van der Waals surface area contributed by atoms with Crippen molar-refractivity contribution in [3.63, 3.8) is 0 Å². The van der Waals surface area contributed by atoms with E-state index < -0.39 is 41.4 Å². The van der Waals surface area contributed by atoms with E-state index >= 15 is 0 Å².